The number of piperidine rings is 1. The van der Waals surface area contributed by atoms with Crippen LogP contribution >= 0.6 is 23.2 Å². The molecule has 0 unspecified atom stereocenters. The summed E-state index contributed by atoms with van der Waals surface area (Å²) >= 11 is 11.9. The van der Waals surface area contributed by atoms with Crippen molar-refractivity contribution in [3.63, 3.8) is 0 Å². The number of halogens is 2. The van der Waals surface area contributed by atoms with Crippen molar-refractivity contribution in [1.29, 1.82) is 0 Å². The Balaban J connectivity index is 1.94. The number of hydrogen-bond donors (Lipinski definition) is 1. The minimum atomic E-state index is -3.25. The van der Waals surface area contributed by atoms with Crippen molar-refractivity contribution in [3.05, 3.63) is 33.8 Å². The van der Waals surface area contributed by atoms with Gasteiger partial charge in [0, 0.05) is 29.7 Å². The molecule has 1 atom stereocenters. The molecule has 1 aromatic carbocycles. The third-order valence-corrected chi connectivity index (χ3v) is 5.55. The second-order valence-corrected chi connectivity index (χ2v) is 8.24. The number of hydrogen-bond acceptors (Lipinski definition) is 3. The highest BCUT2D eigenvalue weighted by Crippen LogP contribution is 2.22. The van der Waals surface area contributed by atoms with Crippen molar-refractivity contribution in [3.8, 4) is 0 Å². The first-order valence-corrected chi connectivity index (χ1v) is 9.54. The molecule has 2 rings (SSSR count). The van der Waals surface area contributed by atoms with E-state index in [2.05, 4.69) is 5.32 Å². The number of carbonyl (C=O) groups is 1. The molecule has 1 fully saturated rings. The van der Waals surface area contributed by atoms with Crippen LogP contribution in [-0.2, 0) is 21.4 Å². The van der Waals surface area contributed by atoms with E-state index in [1.165, 1.54) is 10.6 Å². The van der Waals surface area contributed by atoms with E-state index in [1.54, 1.807) is 18.2 Å². The molecule has 1 saturated heterocycles. The van der Waals surface area contributed by atoms with Crippen LogP contribution in [0.3, 0.4) is 0 Å². The van der Waals surface area contributed by atoms with Crippen LogP contribution in [0.25, 0.3) is 0 Å². The topological polar surface area (TPSA) is 66.5 Å². The number of carbonyl (C=O) groups excluding carboxylic acids is 1. The van der Waals surface area contributed by atoms with Gasteiger partial charge in [0.1, 0.15) is 0 Å². The highest BCUT2D eigenvalue weighted by molar-refractivity contribution is 7.88. The van der Waals surface area contributed by atoms with Crippen LogP contribution in [0.2, 0.25) is 10.0 Å². The molecule has 1 heterocycles. The van der Waals surface area contributed by atoms with Crippen molar-refractivity contribution in [2.24, 2.45) is 5.92 Å². The quantitative estimate of drug-likeness (QED) is 0.890. The Labute approximate surface area is 140 Å². The van der Waals surface area contributed by atoms with Crippen molar-refractivity contribution in [2.45, 2.75) is 19.4 Å². The Bertz CT molecular complexity index is 664. The molecular weight excluding hydrogens is 347 g/mol. The number of sulfonamides is 1. The molecule has 1 N–H and O–H groups in total. The lowest BCUT2D eigenvalue weighted by Crippen LogP contribution is -2.44. The lowest BCUT2D eigenvalue weighted by molar-refractivity contribution is -0.126. The molecule has 0 spiro atoms. The van der Waals surface area contributed by atoms with Gasteiger partial charge in [0.15, 0.2) is 0 Å². The zero-order valence-corrected chi connectivity index (χ0v) is 14.5. The summed E-state index contributed by atoms with van der Waals surface area (Å²) in [5.74, 6) is -0.478. The normalized spacial score (nSPS) is 19.9. The summed E-state index contributed by atoms with van der Waals surface area (Å²) in [5.41, 5.74) is 0.773. The molecule has 1 aromatic rings. The van der Waals surface area contributed by atoms with E-state index in [0.717, 1.165) is 5.56 Å². The van der Waals surface area contributed by atoms with Gasteiger partial charge in [-0.2, -0.15) is 0 Å². The average molecular weight is 365 g/mol. The molecule has 0 aromatic heterocycles. The fourth-order valence-corrected chi connectivity index (χ4v) is 3.84. The van der Waals surface area contributed by atoms with Crippen LogP contribution in [0, 0.1) is 5.92 Å². The van der Waals surface area contributed by atoms with Gasteiger partial charge in [0.2, 0.25) is 15.9 Å². The molecule has 0 aliphatic carbocycles. The first kappa shape index (κ1) is 17.5. The standard InChI is InChI=1S/C14H18Cl2N2O3S/c1-22(20,21)18-6-2-3-11(9-18)14(19)17-8-10-4-5-12(15)7-13(10)16/h4-5,7,11H,2-3,6,8-9H2,1H3,(H,17,19)/t11-/m1/s1. The SMILES string of the molecule is CS(=O)(=O)N1CCC[C@@H](C(=O)NCc2ccc(Cl)cc2Cl)C1. The first-order chi connectivity index (χ1) is 10.3. The summed E-state index contributed by atoms with van der Waals surface area (Å²) in [7, 11) is -3.25. The van der Waals surface area contributed by atoms with Crippen LogP contribution in [0.1, 0.15) is 18.4 Å². The van der Waals surface area contributed by atoms with Crippen LogP contribution < -0.4 is 5.32 Å². The number of rotatable bonds is 4. The van der Waals surface area contributed by atoms with Crippen molar-refractivity contribution >= 4 is 39.1 Å². The van der Waals surface area contributed by atoms with E-state index >= 15 is 0 Å². The summed E-state index contributed by atoms with van der Waals surface area (Å²) in [5, 5.41) is 3.85. The highest BCUT2D eigenvalue weighted by atomic mass is 35.5. The lowest BCUT2D eigenvalue weighted by atomic mass is 9.99. The monoisotopic (exact) mass is 364 g/mol. The van der Waals surface area contributed by atoms with E-state index in [4.69, 9.17) is 23.2 Å². The second kappa shape index (κ2) is 7.17. The molecule has 0 saturated carbocycles. The molecule has 1 aliphatic rings. The zero-order chi connectivity index (χ0) is 16.3. The number of nitrogens with one attached hydrogen (secondary N) is 1. The van der Waals surface area contributed by atoms with Gasteiger partial charge in [-0.05, 0) is 30.5 Å². The van der Waals surface area contributed by atoms with Gasteiger partial charge >= 0.3 is 0 Å². The Hall–Kier alpha value is -0.820. The molecule has 0 radical (unpaired) electrons. The Morgan fingerprint density at radius 1 is 1.41 bits per heavy atom. The zero-order valence-electron chi connectivity index (χ0n) is 12.2. The Morgan fingerprint density at radius 3 is 2.77 bits per heavy atom. The fraction of sp³-hybridized carbons (Fsp3) is 0.500. The molecule has 122 valence electrons. The third-order valence-electron chi connectivity index (χ3n) is 3.69. The van der Waals surface area contributed by atoms with E-state index < -0.39 is 10.0 Å². The third kappa shape index (κ3) is 4.59. The summed E-state index contributed by atoms with van der Waals surface area (Å²) in [6, 6.07) is 5.09. The molecule has 1 aliphatic heterocycles. The predicted octanol–water partition coefficient (Wildman–Crippen LogP) is 2.28. The summed E-state index contributed by atoms with van der Waals surface area (Å²) in [6.07, 6.45) is 2.54. The van der Waals surface area contributed by atoms with Crippen LogP contribution in [0.15, 0.2) is 18.2 Å². The number of amides is 1. The molecule has 0 bridgehead atoms. The Kier molecular flexibility index (Phi) is 5.71. The van der Waals surface area contributed by atoms with Gasteiger partial charge in [0.25, 0.3) is 0 Å². The van der Waals surface area contributed by atoms with Gasteiger partial charge in [-0.15, -0.1) is 0 Å². The maximum atomic E-state index is 12.2. The number of nitrogens with zero attached hydrogens (tertiary/aromatic N) is 1. The lowest BCUT2D eigenvalue weighted by Gasteiger charge is -2.30. The van der Waals surface area contributed by atoms with Crippen molar-refractivity contribution in [2.75, 3.05) is 19.3 Å². The van der Waals surface area contributed by atoms with Gasteiger partial charge < -0.3 is 5.32 Å². The molecular formula is C14H18Cl2N2O3S. The Morgan fingerprint density at radius 2 is 2.14 bits per heavy atom. The van der Waals surface area contributed by atoms with Gasteiger partial charge in [-0.25, -0.2) is 12.7 Å². The minimum Gasteiger partial charge on any atom is -0.352 e. The van der Waals surface area contributed by atoms with E-state index in [0.29, 0.717) is 36.0 Å². The summed E-state index contributed by atoms with van der Waals surface area (Å²) < 4.78 is 24.5. The van der Waals surface area contributed by atoms with E-state index in [1.807, 2.05) is 0 Å². The highest BCUT2D eigenvalue weighted by Gasteiger charge is 2.29. The molecule has 22 heavy (non-hydrogen) atoms. The van der Waals surface area contributed by atoms with E-state index in [9.17, 15) is 13.2 Å². The summed E-state index contributed by atoms with van der Waals surface area (Å²) in [4.78, 5) is 12.2. The number of benzene rings is 1. The predicted molar refractivity (Wildman–Crippen MR) is 87.4 cm³/mol. The van der Waals surface area contributed by atoms with Crippen LogP contribution in [-0.4, -0.2) is 38.0 Å². The van der Waals surface area contributed by atoms with Gasteiger partial charge in [-0.1, -0.05) is 29.3 Å². The average Bonchev–Trinajstić information content (AvgIpc) is 2.45. The molecule has 8 heteroatoms. The largest absolute Gasteiger partial charge is 0.352 e. The fourth-order valence-electron chi connectivity index (χ4n) is 2.45. The van der Waals surface area contributed by atoms with Crippen LogP contribution in [0.5, 0.6) is 0 Å². The minimum absolute atomic E-state index is 0.153. The van der Waals surface area contributed by atoms with Gasteiger partial charge in [0.05, 0.1) is 12.2 Å². The van der Waals surface area contributed by atoms with Crippen molar-refractivity contribution in [1.82, 2.24) is 9.62 Å². The van der Waals surface area contributed by atoms with Crippen LogP contribution in [0.4, 0.5) is 0 Å². The molecule has 1 amide bonds. The maximum absolute atomic E-state index is 12.2. The maximum Gasteiger partial charge on any atom is 0.224 e. The summed E-state index contributed by atoms with van der Waals surface area (Å²) in [6.45, 7) is 1.01. The smallest absolute Gasteiger partial charge is 0.224 e. The molecule has 5 nitrogen and oxygen atoms in total. The van der Waals surface area contributed by atoms with E-state index in [-0.39, 0.29) is 18.4 Å². The first-order valence-electron chi connectivity index (χ1n) is 6.94. The second-order valence-electron chi connectivity index (χ2n) is 5.41. The van der Waals surface area contributed by atoms with Gasteiger partial charge in [-0.3, -0.25) is 4.79 Å². The van der Waals surface area contributed by atoms with Crippen molar-refractivity contribution < 1.29 is 13.2 Å².